The topological polar surface area (TPSA) is 15.3 Å². The zero-order chi connectivity index (χ0) is 12.8. The van der Waals surface area contributed by atoms with E-state index < -0.39 is 0 Å². The zero-order valence-electron chi connectivity index (χ0n) is 11.2. The van der Waals surface area contributed by atoms with Crippen LogP contribution < -0.4 is 5.32 Å². The van der Waals surface area contributed by atoms with E-state index in [4.69, 9.17) is 0 Å². The second-order valence-corrected chi connectivity index (χ2v) is 5.97. The van der Waals surface area contributed by atoms with Gasteiger partial charge in [-0.1, -0.05) is 47.5 Å². The zero-order valence-corrected chi connectivity index (χ0v) is 12.7. The molecule has 1 aromatic rings. The van der Waals surface area contributed by atoms with Crippen molar-refractivity contribution in [3.8, 4) is 0 Å². The molecular formula is C15H23BrN2. The van der Waals surface area contributed by atoms with Crippen LogP contribution in [0.2, 0.25) is 0 Å². The summed E-state index contributed by atoms with van der Waals surface area (Å²) in [6, 6.07) is 9.23. The molecule has 1 unspecified atom stereocenters. The molecular weight excluding hydrogens is 288 g/mol. The first-order valence-electron chi connectivity index (χ1n) is 6.98. The third-order valence-electron chi connectivity index (χ3n) is 3.55. The van der Waals surface area contributed by atoms with E-state index in [1.165, 1.54) is 42.4 Å². The van der Waals surface area contributed by atoms with Gasteiger partial charge in [0.1, 0.15) is 0 Å². The molecule has 0 aliphatic carbocycles. The van der Waals surface area contributed by atoms with E-state index >= 15 is 0 Å². The largest absolute Gasteiger partial charge is 0.313 e. The average Bonchev–Trinajstić information content (AvgIpc) is 2.58. The first-order chi connectivity index (χ1) is 8.79. The van der Waals surface area contributed by atoms with E-state index in [0.29, 0.717) is 6.04 Å². The van der Waals surface area contributed by atoms with Crippen LogP contribution in [0.25, 0.3) is 0 Å². The van der Waals surface area contributed by atoms with Gasteiger partial charge in [-0.3, -0.25) is 4.90 Å². The highest BCUT2D eigenvalue weighted by atomic mass is 79.9. The van der Waals surface area contributed by atoms with Crippen molar-refractivity contribution in [2.75, 3.05) is 19.6 Å². The minimum absolute atomic E-state index is 0.667. The first-order valence-corrected chi connectivity index (χ1v) is 7.78. The van der Waals surface area contributed by atoms with Crippen LogP contribution in [-0.2, 0) is 6.54 Å². The molecule has 1 heterocycles. The summed E-state index contributed by atoms with van der Waals surface area (Å²) in [5.41, 5.74) is 1.40. The Kier molecular flexibility index (Phi) is 5.67. The normalized spacial score (nSPS) is 21.8. The molecule has 0 saturated carbocycles. The number of rotatable bonds is 4. The van der Waals surface area contributed by atoms with Crippen LogP contribution in [0.1, 0.15) is 31.7 Å². The van der Waals surface area contributed by atoms with Crippen molar-refractivity contribution in [1.29, 1.82) is 0 Å². The molecule has 0 aromatic heterocycles. The predicted molar refractivity (Wildman–Crippen MR) is 80.7 cm³/mol. The molecule has 1 aliphatic rings. The van der Waals surface area contributed by atoms with Crippen molar-refractivity contribution in [1.82, 2.24) is 10.2 Å². The van der Waals surface area contributed by atoms with Gasteiger partial charge < -0.3 is 5.32 Å². The highest BCUT2D eigenvalue weighted by Crippen LogP contribution is 2.19. The summed E-state index contributed by atoms with van der Waals surface area (Å²) in [6.07, 6.45) is 3.80. The summed E-state index contributed by atoms with van der Waals surface area (Å²) in [5.74, 6) is 0. The molecule has 0 radical (unpaired) electrons. The third-order valence-corrected chi connectivity index (χ3v) is 4.33. The standard InChI is InChI=1S/C15H23BrN2/c1-2-6-14-12-18(10-5-9-17-14)11-13-7-3-4-8-15(13)16/h3-4,7-8,14,17H,2,5-6,9-12H2,1H3. The Bertz CT molecular complexity index is 367. The summed E-state index contributed by atoms with van der Waals surface area (Å²) in [6.45, 7) is 6.87. The Labute approximate surface area is 119 Å². The van der Waals surface area contributed by atoms with Crippen molar-refractivity contribution < 1.29 is 0 Å². The second-order valence-electron chi connectivity index (χ2n) is 5.12. The average molecular weight is 311 g/mol. The Balaban J connectivity index is 1.97. The van der Waals surface area contributed by atoms with E-state index in [0.717, 1.165) is 13.1 Å². The molecule has 3 heteroatoms. The summed E-state index contributed by atoms with van der Waals surface area (Å²) in [7, 11) is 0. The Morgan fingerprint density at radius 2 is 2.22 bits per heavy atom. The number of hydrogen-bond donors (Lipinski definition) is 1. The maximum atomic E-state index is 3.66. The van der Waals surface area contributed by atoms with Crippen LogP contribution in [0.3, 0.4) is 0 Å². The lowest BCUT2D eigenvalue weighted by molar-refractivity contribution is 0.254. The molecule has 100 valence electrons. The van der Waals surface area contributed by atoms with Gasteiger partial charge in [0.25, 0.3) is 0 Å². The molecule has 0 bridgehead atoms. The number of benzene rings is 1. The van der Waals surface area contributed by atoms with Gasteiger partial charge in [0.05, 0.1) is 0 Å². The fourth-order valence-corrected chi connectivity index (χ4v) is 3.04. The molecule has 2 rings (SSSR count). The van der Waals surface area contributed by atoms with Crippen molar-refractivity contribution in [3.05, 3.63) is 34.3 Å². The summed E-state index contributed by atoms with van der Waals surface area (Å²) >= 11 is 3.65. The van der Waals surface area contributed by atoms with Crippen molar-refractivity contribution in [3.63, 3.8) is 0 Å². The van der Waals surface area contributed by atoms with E-state index in [9.17, 15) is 0 Å². The van der Waals surface area contributed by atoms with Gasteiger partial charge in [0.15, 0.2) is 0 Å². The molecule has 1 aromatic carbocycles. The van der Waals surface area contributed by atoms with Gasteiger partial charge in [-0.25, -0.2) is 0 Å². The summed E-state index contributed by atoms with van der Waals surface area (Å²) < 4.78 is 1.23. The predicted octanol–water partition coefficient (Wildman–Crippen LogP) is 3.41. The maximum Gasteiger partial charge on any atom is 0.0245 e. The van der Waals surface area contributed by atoms with Crippen molar-refractivity contribution >= 4 is 15.9 Å². The molecule has 0 spiro atoms. The summed E-state index contributed by atoms with van der Waals surface area (Å²) in [4.78, 5) is 2.58. The van der Waals surface area contributed by atoms with Gasteiger partial charge in [-0.2, -0.15) is 0 Å². The van der Waals surface area contributed by atoms with Gasteiger partial charge >= 0.3 is 0 Å². The van der Waals surface area contributed by atoms with E-state index in [1.807, 2.05) is 0 Å². The minimum atomic E-state index is 0.667. The van der Waals surface area contributed by atoms with Crippen molar-refractivity contribution in [2.24, 2.45) is 0 Å². The highest BCUT2D eigenvalue weighted by molar-refractivity contribution is 9.10. The molecule has 1 fully saturated rings. The lowest BCUT2D eigenvalue weighted by Crippen LogP contribution is -2.37. The van der Waals surface area contributed by atoms with Crippen molar-refractivity contribution in [2.45, 2.75) is 38.8 Å². The fourth-order valence-electron chi connectivity index (χ4n) is 2.63. The number of nitrogens with one attached hydrogen (secondary N) is 1. The van der Waals surface area contributed by atoms with Gasteiger partial charge in [-0.15, -0.1) is 0 Å². The summed E-state index contributed by atoms with van der Waals surface area (Å²) in [5, 5.41) is 3.66. The maximum absolute atomic E-state index is 3.66. The highest BCUT2D eigenvalue weighted by Gasteiger charge is 2.17. The van der Waals surface area contributed by atoms with Crippen LogP contribution in [-0.4, -0.2) is 30.6 Å². The van der Waals surface area contributed by atoms with Crippen LogP contribution in [0.15, 0.2) is 28.7 Å². The van der Waals surface area contributed by atoms with Gasteiger partial charge in [0, 0.05) is 23.6 Å². The smallest absolute Gasteiger partial charge is 0.0245 e. The molecule has 1 N–H and O–H groups in total. The third kappa shape index (κ3) is 4.08. The number of nitrogens with zero attached hydrogens (tertiary/aromatic N) is 1. The monoisotopic (exact) mass is 310 g/mol. The fraction of sp³-hybridized carbons (Fsp3) is 0.600. The first kappa shape index (κ1) is 14.0. The second kappa shape index (κ2) is 7.27. The van der Waals surface area contributed by atoms with Crippen LogP contribution in [0, 0.1) is 0 Å². The van der Waals surface area contributed by atoms with Gasteiger partial charge in [-0.05, 0) is 37.6 Å². The minimum Gasteiger partial charge on any atom is -0.313 e. The molecule has 1 saturated heterocycles. The Hall–Kier alpha value is -0.380. The van der Waals surface area contributed by atoms with Gasteiger partial charge in [0.2, 0.25) is 0 Å². The van der Waals surface area contributed by atoms with E-state index in [-0.39, 0.29) is 0 Å². The van der Waals surface area contributed by atoms with Crippen LogP contribution in [0.5, 0.6) is 0 Å². The molecule has 1 aliphatic heterocycles. The van der Waals surface area contributed by atoms with E-state index in [1.54, 1.807) is 0 Å². The SMILES string of the molecule is CCCC1CN(Cc2ccccc2Br)CCCN1. The molecule has 18 heavy (non-hydrogen) atoms. The Morgan fingerprint density at radius 3 is 3.00 bits per heavy atom. The molecule has 2 nitrogen and oxygen atoms in total. The van der Waals surface area contributed by atoms with Crippen LogP contribution >= 0.6 is 15.9 Å². The molecule has 0 amide bonds. The number of hydrogen-bond acceptors (Lipinski definition) is 2. The van der Waals surface area contributed by atoms with E-state index in [2.05, 4.69) is 57.3 Å². The lowest BCUT2D eigenvalue weighted by Gasteiger charge is -2.24. The Morgan fingerprint density at radius 1 is 1.39 bits per heavy atom. The lowest BCUT2D eigenvalue weighted by atomic mass is 10.1. The number of halogens is 1. The molecule has 1 atom stereocenters. The quantitative estimate of drug-likeness (QED) is 0.917. The van der Waals surface area contributed by atoms with Crippen LogP contribution in [0.4, 0.5) is 0 Å².